The molecule has 0 fully saturated rings. The molecule has 3 heterocycles. The molecular weight excluding hydrogens is 347 g/mol. The maximum absolute atomic E-state index is 13.9. The van der Waals surface area contributed by atoms with Gasteiger partial charge in [-0.15, -0.1) is 6.58 Å². The number of carbonyl (C=O) groups excluding carboxylic acids is 1. The normalized spacial score (nSPS) is 20.3. The average Bonchev–Trinajstić information content (AvgIpc) is 3.03. The second-order valence-electron chi connectivity index (χ2n) is 5.32. The molecule has 128 valence electrons. The number of nitrogens with zero attached hydrogens (tertiary/aromatic N) is 4. The van der Waals surface area contributed by atoms with Gasteiger partial charge in [-0.2, -0.15) is 18.3 Å². The molecule has 1 atom stereocenters. The zero-order chi connectivity index (χ0) is 17.7. The van der Waals surface area contributed by atoms with Crippen molar-refractivity contribution in [3.63, 3.8) is 0 Å². The summed E-state index contributed by atoms with van der Waals surface area (Å²) in [5.74, 6) is 0. The van der Waals surface area contributed by atoms with Crippen LogP contribution in [-0.2, 0) is 5.41 Å². The first kappa shape index (κ1) is 16.6. The SMILES string of the molecule is C=C[C@@]1(C(F)(F)F)CN(C(=O)NCC)c2cnc3cc(Cl)nn3c21. The summed E-state index contributed by atoms with van der Waals surface area (Å²) in [4.78, 5) is 17.2. The highest BCUT2D eigenvalue weighted by molar-refractivity contribution is 6.29. The molecule has 0 radical (unpaired) electrons. The maximum Gasteiger partial charge on any atom is 0.405 e. The van der Waals surface area contributed by atoms with Gasteiger partial charge < -0.3 is 5.32 Å². The van der Waals surface area contributed by atoms with Gasteiger partial charge in [0.25, 0.3) is 0 Å². The van der Waals surface area contributed by atoms with E-state index in [4.69, 9.17) is 11.6 Å². The Hall–Kier alpha value is -2.29. The first-order valence-corrected chi connectivity index (χ1v) is 7.43. The molecule has 0 spiro atoms. The molecule has 6 nitrogen and oxygen atoms in total. The van der Waals surface area contributed by atoms with Crippen LogP contribution in [0.4, 0.5) is 23.7 Å². The fourth-order valence-corrected chi connectivity index (χ4v) is 3.02. The number of fused-ring (bicyclic) bond motifs is 3. The van der Waals surface area contributed by atoms with Gasteiger partial charge in [0, 0.05) is 12.6 Å². The standard InChI is InChI=1S/C14H13ClF3N5O/c1-3-13(14(16,17)18)7-22(12(24)19-4-2)8-6-20-10-5-9(15)21-23(10)11(8)13/h3,5-6H,1,4,7H2,2H3,(H,19,24)/t13-/m1/s1. The Morgan fingerprint density at radius 3 is 2.88 bits per heavy atom. The predicted molar refractivity (Wildman–Crippen MR) is 82.3 cm³/mol. The highest BCUT2D eigenvalue weighted by atomic mass is 35.5. The van der Waals surface area contributed by atoms with Crippen LogP contribution in [0, 0.1) is 0 Å². The van der Waals surface area contributed by atoms with Gasteiger partial charge >= 0.3 is 12.2 Å². The van der Waals surface area contributed by atoms with Gasteiger partial charge in [0.05, 0.1) is 24.1 Å². The number of amides is 2. The lowest BCUT2D eigenvalue weighted by Crippen LogP contribution is -2.48. The molecule has 0 aliphatic carbocycles. The largest absolute Gasteiger partial charge is 0.405 e. The van der Waals surface area contributed by atoms with Gasteiger partial charge in [-0.05, 0) is 6.92 Å². The summed E-state index contributed by atoms with van der Waals surface area (Å²) in [5, 5.41) is 6.40. The van der Waals surface area contributed by atoms with Crippen LogP contribution in [0.25, 0.3) is 5.65 Å². The number of rotatable bonds is 2. The van der Waals surface area contributed by atoms with Crippen LogP contribution < -0.4 is 10.2 Å². The Balaban J connectivity index is 2.33. The Labute approximate surface area is 139 Å². The highest BCUT2D eigenvalue weighted by Crippen LogP contribution is 2.50. The lowest BCUT2D eigenvalue weighted by atomic mass is 9.85. The summed E-state index contributed by atoms with van der Waals surface area (Å²) in [5.41, 5.74) is -2.52. The fraction of sp³-hybridized carbons (Fsp3) is 0.357. The number of hydrogen-bond acceptors (Lipinski definition) is 3. The number of alkyl halides is 3. The zero-order valence-electron chi connectivity index (χ0n) is 12.6. The molecule has 2 aromatic rings. The van der Waals surface area contributed by atoms with Crippen LogP contribution in [0.1, 0.15) is 12.6 Å². The number of halogens is 4. The Kier molecular flexibility index (Phi) is 3.71. The van der Waals surface area contributed by atoms with Crippen LogP contribution in [0.15, 0.2) is 24.9 Å². The van der Waals surface area contributed by atoms with Crippen molar-refractivity contribution in [2.45, 2.75) is 18.5 Å². The second-order valence-corrected chi connectivity index (χ2v) is 5.71. The first-order valence-electron chi connectivity index (χ1n) is 7.05. The summed E-state index contributed by atoms with van der Waals surface area (Å²) >= 11 is 5.81. The summed E-state index contributed by atoms with van der Waals surface area (Å²) in [6.45, 7) is 4.67. The van der Waals surface area contributed by atoms with Crippen molar-refractivity contribution in [3.8, 4) is 0 Å². The van der Waals surface area contributed by atoms with Gasteiger partial charge in [-0.1, -0.05) is 17.7 Å². The van der Waals surface area contributed by atoms with Crippen LogP contribution in [0.5, 0.6) is 0 Å². The molecule has 1 aliphatic heterocycles. The van der Waals surface area contributed by atoms with E-state index >= 15 is 0 Å². The van der Waals surface area contributed by atoms with Crippen LogP contribution in [0.2, 0.25) is 5.15 Å². The minimum Gasteiger partial charge on any atom is -0.338 e. The lowest BCUT2D eigenvalue weighted by Gasteiger charge is -2.29. The van der Waals surface area contributed by atoms with Crippen molar-refractivity contribution in [3.05, 3.63) is 35.8 Å². The molecule has 1 N–H and O–H groups in total. The van der Waals surface area contributed by atoms with Crippen molar-refractivity contribution in [2.24, 2.45) is 0 Å². The Morgan fingerprint density at radius 1 is 1.58 bits per heavy atom. The van der Waals surface area contributed by atoms with Gasteiger partial charge in [-0.3, -0.25) is 4.90 Å². The van der Waals surface area contributed by atoms with Gasteiger partial charge in [-0.25, -0.2) is 14.3 Å². The van der Waals surface area contributed by atoms with E-state index in [2.05, 4.69) is 22.0 Å². The molecule has 1 aliphatic rings. The van der Waals surface area contributed by atoms with E-state index < -0.39 is 24.2 Å². The second kappa shape index (κ2) is 5.37. The number of aromatic nitrogens is 3. The number of nitrogens with one attached hydrogen (secondary N) is 1. The summed E-state index contributed by atoms with van der Waals surface area (Å²) in [6, 6.07) is 0.701. The van der Waals surface area contributed by atoms with Crippen molar-refractivity contribution in [1.82, 2.24) is 19.9 Å². The molecule has 0 aromatic carbocycles. The van der Waals surface area contributed by atoms with Crippen molar-refractivity contribution in [2.75, 3.05) is 18.0 Å². The summed E-state index contributed by atoms with van der Waals surface area (Å²) in [7, 11) is 0. The highest BCUT2D eigenvalue weighted by Gasteiger charge is 2.62. The van der Waals surface area contributed by atoms with Crippen LogP contribution in [-0.4, -0.2) is 39.9 Å². The molecule has 2 aromatic heterocycles. The van der Waals surface area contributed by atoms with E-state index in [1.165, 1.54) is 12.3 Å². The van der Waals surface area contributed by atoms with Crippen molar-refractivity contribution >= 4 is 29.0 Å². The predicted octanol–water partition coefficient (Wildman–Crippen LogP) is 2.92. The Bertz CT molecular complexity index is 834. The molecule has 3 rings (SSSR count). The Morgan fingerprint density at radius 2 is 2.29 bits per heavy atom. The van der Waals surface area contributed by atoms with E-state index in [1.807, 2.05) is 0 Å². The number of urea groups is 1. The first-order chi connectivity index (χ1) is 11.2. The maximum atomic E-state index is 13.9. The van der Waals surface area contributed by atoms with Crippen molar-refractivity contribution < 1.29 is 18.0 Å². The average molecular weight is 360 g/mol. The molecule has 0 saturated carbocycles. The van der Waals surface area contributed by atoms with Gasteiger partial charge in [0.15, 0.2) is 10.8 Å². The number of anilines is 1. The third kappa shape index (κ3) is 2.15. The molecule has 10 heteroatoms. The molecule has 0 saturated heterocycles. The molecule has 0 unspecified atom stereocenters. The monoisotopic (exact) mass is 359 g/mol. The molecule has 24 heavy (non-hydrogen) atoms. The fourth-order valence-electron chi connectivity index (χ4n) is 2.85. The van der Waals surface area contributed by atoms with Gasteiger partial charge in [0.2, 0.25) is 0 Å². The van der Waals surface area contributed by atoms with Crippen molar-refractivity contribution in [1.29, 1.82) is 0 Å². The number of carbonyl (C=O) groups is 1. The quantitative estimate of drug-likeness (QED) is 0.839. The summed E-state index contributed by atoms with van der Waals surface area (Å²) in [6.07, 6.45) is -2.67. The molecular formula is C14H13ClF3N5O. The van der Waals surface area contributed by atoms with E-state index in [0.717, 1.165) is 15.5 Å². The minimum absolute atomic E-state index is 0.00694. The van der Waals surface area contributed by atoms with E-state index in [1.54, 1.807) is 6.92 Å². The zero-order valence-corrected chi connectivity index (χ0v) is 13.3. The third-order valence-electron chi connectivity index (χ3n) is 3.98. The van der Waals surface area contributed by atoms with Gasteiger partial charge in [0.1, 0.15) is 5.41 Å². The molecule has 2 amide bonds. The smallest absolute Gasteiger partial charge is 0.338 e. The van der Waals surface area contributed by atoms with E-state index in [-0.39, 0.29) is 28.7 Å². The molecule has 0 bridgehead atoms. The minimum atomic E-state index is -4.68. The topological polar surface area (TPSA) is 62.5 Å². The van der Waals surface area contributed by atoms with E-state index in [0.29, 0.717) is 0 Å². The summed E-state index contributed by atoms with van der Waals surface area (Å²) < 4.78 is 42.8. The third-order valence-corrected chi connectivity index (χ3v) is 4.17. The lowest BCUT2D eigenvalue weighted by molar-refractivity contribution is -0.172. The van der Waals surface area contributed by atoms with E-state index in [9.17, 15) is 18.0 Å². The van der Waals surface area contributed by atoms with Crippen LogP contribution >= 0.6 is 11.6 Å². The number of hydrogen-bond donors (Lipinski definition) is 1. The van der Waals surface area contributed by atoms with Crippen LogP contribution in [0.3, 0.4) is 0 Å².